The van der Waals surface area contributed by atoms with Gasteiger partial charge in [0.2, 0.25) is 0 Å². The molecule has 12 heteroatoms. The minimum Gasteiger partial charge on any atom is -0.484 e. The Morgan fingerprint density at radius 1 is 0.321 bits per heavy atom. The van der Waals surface area contributed by atoms with Crippen LogP contribution in [0.3, 0.4) is 0 Å². The van der Waals surface area contributed by atoms with Crippen molar-refractivity contribution in [2.45, 2.75) is 6.61 Å². The molecule has 0 radical (unpaired) electrons. The topological polar surface area (TPSA) is 68.4 Å². The minimum absolute atomic E-state index is 0. The Bertz CT molecular complexity index is 4340. The number of ether oxygens (including phenoxy) is 1. The van der Waals surface area contributed by atoms with E-state index in [1.54, 1.807) is 23.0 Å². The zero-order chi connectivity index (χ0) is 71.7. The predicted molar refractivity (Wildman–Crippen MR) is 451 cm³/mol. The Morgan fingerprint density at radius 3 is 0.849 bits per heavy atom. The molecule has 0 amide bonds. The number of nitrogens with zero attached hydrogens (tertiary/aromatic N) is 6. The first kappa shape index (κ1) is 76.4. The van der Waals surface area contributed by atoms with Crippen LogP contribution < -0.4 is 68.4 Å². The molecule has 522 valence electrons. The molecule has 16 rings (SSSR count). The van der Waals surface area contributed by atoms with E-state index in [2.05, 4.69) is 396 Å². The second-order valence-corrected chi connectivity index (χ2v) is 32.9. The van der Waals surface area contributed by atoms with E-state index < -0.39 is 31.7 Å². The Kier molecular flexibility index (Phi) is 30.0. The van der Waals surface area contributed by atoms with E-state index in [1.165, 1.54) is 63.7 Å². The fraction of sp³-hybridized carbons (Fsp3) is 0.0426. The molecule has 0 unspecified atom stereocenters. The molecule has 0 aliphatic carbocycles. The Morgan fingerprint density at radius 2 is 0.585 bits per heavy atom. The van der Waals surface area contributed by atoms with Gasteiger partial charge in [-0.1, -0.05) is 406 Å². The van der Waals surface area contributed by atoms with Crippen molar-refractivity contribution >= 4 is 101 Å². The molecule has 0 fully saturated rings. The number of benzene rings is 13. The standard InChI is InChI=1S/C22H20N6O.4C18H15P.Pd/c1-27(2)14-6-9-18-15-23-13-12-20(18)29-16-22-25-24-21-11-10-19(26-28(21)22)17-7-4-3-5-8-17;4*1-4-10-16(11-5-1)19(17-12-6-2-7-13-17)18-14-8-3-9-15-18;/h3-5,7-8,10-13,15H,14,16H2,1-2H3;4*1-15H;. The second kappa shape index (κ2) is 41.7. The molecule has 0 saturated carbocycles. The van der Waals surface area contributed by atoms with E-state index in [4.69, 9.17) is 4.74 Å². The first-order chi connectivity index (χ1) is 52.0. The summed E-state index contributed by atoms with van der Waals surface area (Å²) in [7, 11) is 2.17. The SMILES string of the molecule is CN(C)CC#Cc1cnccc1OCc1nnc2ccc(-c3ccccc3)nn12.[Pd].c1ccc(P(c2ccccc2)c2ccccc2)cc1.c1ccc(P(c2ccccc2)c2ccccc2)cc1.c1ccc(P(c2ccccc2)c2ccccc2)cc1.c1ccc(P(c2ccccc2)c2ccccc2)cc1. The number of rotatable bonds is 17. The van der Waals surface area contributed by atoms with Gasteiger partial charge in [-0.3, -0.25) is 9.88 Å². The number of hydrogen-bond acceptors (Lipinski definition) is 6. The smallest absolute Gasteiger partial charge is 0.192 e. The third-order valence-electron chi connectivity index (χ3n) is 16.3. The number of hydrogen-bond donors (Lipinski definition) is 0. The largest absolute Gasteiger partial charge is 0.484 e. The molecule has 0 bridgehead atoms. The van der Waals surface area contributed by atoms with E-state index >= 15 is 0 Å². The van der Waals surface area contributed by atoms with Crippen LogP contribution in [0, 0.1) is 11.8 Å². The van der Waals surface area contributed by atoms with Crippen molar-refractivity contribution in [1.82, 2.24) is 29.7 Å². The van der Waals surface area contributed by atoms with Gasteiger partial charge in [0, 0.05) is 38.4 Å². The van der Waals surface area contributed by atoms with Gasteiger partial charge in [-0.25, -0.2) is 0 Å². The maximum absolute atomic E-state index is 5.97. The summed E-state index contributed by atoms with van der Waals surface area (Å²) < 4.78 is 7.68. The molecule has 3 aromatic heterocycles. The predicted octanol–water partition coefficient (Wildman–Crippen LogP) is 16.5. The molecule has 0 aliphatic rings. The zero-order valence-electron chi connectivity index (χ0n) is 59.0. The number of aromatic nitrogens is 5. The van der Waals surface area contributed by atoms with E-state index in [9.17, 15) is 0 Å². The molecule has 3 heterocycles. The Labute approximate surface area is 643 Å². The Hall–Kier alpha value is -10.7. The van der Waals surface area contributed by atoms with Crippen LogP contribution in [0.4, 0.5) is 0 Å². The monoisotopic (exact) mass is 1540 g/mol. The van der Waals surface area contributed by atoms with Crippen LogP contribution in [-0.2, 0) is 27.0 Å². The number of fused-ring (bicyclic) bond motifs is 1. The summed E-state index contributed by atoms with van der Waals surface area (Å²) in [4.78, 5) is 6.14. The van der Waals surface area contributed by atoms with Gasteiger partial charge in [0.1, 0.15) is 12.4 Å². The summed E-state index contributed by atoms with van der Waals surface area (Å²) in [6, 6.07) is 145. The van der Waals surface area contributed by atoms with Gasteiger partial charge in [0.25, 0.3) is 0 Å². The van der Waals surface area contributed by atoms with Crippen LogP contribution in [0.1, 0.15) is 11.4 Å². The zero-order valence-corrected chi connectivity index (χ0v) is 64.2. The van der Waals surface area contributed by atoms with Crippen molar-refractivity contribution in [3.05, 3.63) is 436 Å². The normalized spacial score (nSPS) is 10.5. The van der Waals surface area contributed by atoms with E-state index in [0.717, 1.165) is 16.8 Å². The van der Waals surface area contributed by atoms with Gasteiger partial charge in [0.05, 0.1) is 17.8 Å². The molecular formula is C94H80N6OP4Pd. The summed E-state index contributed by atoms with van der Waals surface area (Å²) in [5.74, 6) is 7.47. The average Bonchev–Trinajstić information content (AvgIpc) is 0.974. The first-order valence-electron chi connectivity index (χ1n) is 34.8. The Balaban J connectivity index is 0.000000134. The van der Waals surface area contributed by atoms with Gasteiger partial charge in [0.15, 0.2) is 11.5 Å². The van der Waals surface area contributed by atoms with Crippen LogP contribution in [0.25, 0.3) is 16.9 Å². The molecule has 0 spiro atoms. The van der Waals surface area contributed by atoms with E-state index in [0.29, 0.717) is 23.8 Å². The summed E-state index contributed by atoms with van der Waals surface area (Å²) in [5, 5.41) is 29.9. The summed E-state index contributed by atoms with van der Waals surface area (Å²) in [5.41, 5.74) is 3.28. The molecule has 106 heavy (non-hydrogen) atoms. The second-order valence-electron chi connectivity index (χ2n) is 24.0. The maximum atomic E-state index is 5.97. The van der Waals surface area contributed by atoms with Gasteiger partial charge in [-0.05, 0) is 128 Å². The molecular weight excluding hydrogens is 1460 g/mol. The molecule has 7 nitrogen and oxygen atoms in total. The molecule has 13 aromatic carbocycles. The van der Waals surface area contributed by atoms with Crippen LogP contribution in [0.2, 0.25) is 0 Å². The fourth-order valence-corrected chi connectivity index (χ4v) is 20.7. The summed E-state index contributed by atoms with van der Waals surface area (Å²) in [6.07, 6.45) is 3.38. The summed E-state index contributed by atoms with van der Waals surface area (Å²) in [6.45, 7) is 0.883. The van der Waals surface area contributed by atoms with Crippen molar-refractivity contribution in [1.29, 1.82) is 0 Å². The van der Waals surface area contributed by atoms with Crippen molar-refractivity contribution < 1.29 is 25.2 Å². The molecule has 0 saturated heterocycles. The van der Waals surface area contributed by atoms with Gasteiger partial charge in [-0.2, -0.15) is 9.61 Å². The first-order valence-corrected chi connectivity index (χ1v) is 40.2. The van der Waals surface area contributed by atoms with Crippen LogP contribution >= 0.6 is 31.7 Å². The van der Waals surface area contributed by atoms with Gasteiger partial charge in [-0.15, -0.1) is 10.2 Å². The van der Waals surface area contributed by atoms with Crippen LogP contribution in [-0.4, -0.2) is 50.3 Å². The fourth-order valence-electron chi connectivity index (χ4n) is 11.4. The molecule has 0 N–H and O–H groups in total. The van der Waals surface area contributed by atoms with Crippen LogP contribution in [0.5, 0.6) is 5.75 Å². The average molecular weight is 1540 g/mol. The third-order valence-corrected chi connectivity index (χ3v) is 26.1. The third kappa shape index (κ3) is 22.2. The van der Waals surface area contributed by atoms with Gasteiger partial charge >= 0.3 is 0 Å². The van der Waals surface area contributed by atoms with Crippen molar-refractivity contribution in [3.8, 4) is 28.8 Å². The summed E-state index contributed by atoms with van der Waals surface area (Å²) >= 11 is 0. The number of pyridine rings is 1. The van der Waals surface area contributed by atoms with Gasteiger partial charge < -0.3 is 4.74 Å². The molecule has 0 aliphatic heterocycles. The van der Waals surface area contributed by atoms with Crippen molar-refractivity contribution in [2.24, 2.45) is 0 Å². The van der Waals surface area contributed by atoms with Crippen molar-refractivity contribution in [2.75, 3.05) is 20.6 Å². The van der Waals surface area contributed by atoms with E-state index in [1.807, 2.05) is 61.5 Å². The maximum Gasteiger partial charge on any atom is 0.192 e. The van der Waals surface area contributed by atoms with E-state index in [-0.39, 0.29) is 27.0 Å². The van der Waals surface area contributed by atoms with Crippen LogP contribution in [0.15, 0.2) is 425 Å². The van der Waals surface area contributed by atoms with Crippen molar-refractivity contribution in [3.63, 3.8) is 0 Å². The quantitative estimate of drug-likeness (QED) is 0.0514. The molecule has 0 atom stereocenters. The minimum atomic E-state index is -0.446. The molecule has 16 aromatic rings.